The highest BCUT2D eigenvalue weighted by atomic mass is 32.2. The fourth-order valence-corrected chi connectivity index (χ4v) is 7.46. The van der Waals surface area contributed by atoms with Crippen LogP contribution in [0.5, 0.6) is 5.75 Å². The van der Waals surface area contributed by atoms with Crippen molar-refractivity contribution in [3.8, 4) is 5.75 Å². The second-order valence-corrected chi connectivity index (χ2v) is 13.6. The predicted molar refractivity (Wildman–Crippen MR) is 157 cm³/mol. The molecule has 16 heteroatoms. The average molecular weight is 674 g/mol. The molecule has 0 N–H and O–H groups in total. The van der Waals surface area contributed by atoms with Gasteiger partial charge in [0.2, 0.25) is 15.6 Å². The van der Waals surface area contributed by atoms with Gasteiger partial charge in [0, 0.05) is 17.7 Å². The first kappa shape index (κ1) is 32.4. The maximum absolute atomic E-state index is 13.7. The van der Waals surface area contributed by atoms with Gasteiger partial charge in [-0.1, -0.05) is 49.4 Å². The summed E-state index contributed by atoms with van der Waals surface area (Å²) < 4.78 is 68.0. The SMILES string of the molecule is CC(C)c1ccc(C2C(C(=O)c3ccc(OC(F)(F)F)cc3)C(=O)C(=O)N2c2ncc(S(=O)(=O)c3ccc([N+](=O)[O-])cc3)s2)cc1. The molecular weight excluding hydrogens is 651 g/mol. The number of nitrogens with zero attached hydrogens (tertiary/aromatic N) is 3. The van der Waals surface area contributed by atoms with Crippen LogP contribution in [0.2, 0.25) is 0 Å². The second kappa shape index (κ2) is 12.1. The Hall–Kier alpha value is -4.96. The highest BCUT2D eigenvalue weighted by Crippen LogP contribution is 2.44. The van der Waals surface area contributed by atoms with E-state index in [1.165, 1.54) is 0 Å². The second-order valence-electron chi connectivity index (χ2n) is 10.4. The summed E-state index contributed by atoms with van der Waals surface area (Å²) in [5, 5.41) is 10.8. The summed E-state index contributed by atoms with van der Waals surface area (Å²) in [4.78, 5) is 55.7. The van der Waals surface area contributed by atoms with E-state index in [1.54, 1.807) is 24.3 Å². The molecule has 2 atom stereocenters. The Morgan fingerprint density at radius 3 is 2.15 bits per heavy atom. The zero-order valence-electron chi connectivity index (χ0n) is 23.8. The first-order chi connectivity index (χ1) is 21.6. The van der Waals surface area contributed by atoms with Gasteiger partial charge in [0.1, 0.15) is 15.9 Å². The zero-order chi connectivity index (χ0) is 33.6. The summed E-state index contributed by atoms with van der Waals surface area (Å²) in [5.74, 6) is -5.23. The van der Waals surface area contributed by atoms with Gasteiger partial charge in [0.05, 0.1) is 22.1 Å². The molecule has 0 spiro atoms. The fourth-order valence-electron chi connectivity index (χ4n) is 4.91. The van der Waals surface area contributed by atoms with Crippen molar-refractivity contribution in [3.05, 3.63) is 106 Å². The van der Waals surface area contributed by atoms with Crippen molar-refractivity contribution in [1.82, 2.24) is 4.98 Å². The van der Waals surface area contributed by atoms with E-state index in [9.17, 15) is 46.1 Å². The Labute approximate surface area is 263 Å². The van der Waals surface area contributed by atoms with E-state index in [2.05, 4.69) is 9.72 Å². The molecule has 1 aliphatic heterocycles. The molecule has 2 unspecified atom stereocenters. The molecule has 238 valence electrons. The van der Waals surface area contributed by atoms with Gasteiger partial charge in [0.25, 0.3) is 11.6 Å². The first-order valence-corrected chi connectivity index (χ1v) is 15.7. The number of carbonyl (C=O) groups excluding carboxylic acids is 3. The maximum atomic E-state index is 13.7. The summed E-state index contributed by atoms with van der Waals surface area (Å²) >= 11 is 0.557. The van der Waals surface area contributed by atoms with Crippen molar-refractivity contribution in [2.75, 3.05) is 4.90 Å². The molecule has 1 saturated heterocycles. The Kier molecular flexibility index (Phi) is 8.53. The van der Waals surface area contributed by atoms with Crippen molar-refractivity contribution < 1.29 is 45.6 Å². The zero-order valence-corrected chi connectivity index (χ0v) is 25.4. The van der Waals surface area contributed by atoms with Crippen LogP contribution in [0, 0.1) is 16.0 Å². The van der Waals surface area contributed by atoms with Gasteiger partial charge in [0.15, 0.2) is 10.9 Å². The molecule has 5 rings (SSSR count). The van der Waals surface area contributed by atoms with Gasteiger partial charge >= 0.3 is 6.36 Å². The number of benzene rings is 3. The third kappa shape index (κ3) is 6.25. The number of nitro benzene ring substituents is 1. The molecule has 11 nitrogen and oxygen atoms in total. The van der Waals surface area contributed by atoms with Crippen molar-refractivity contribution in [3.63, 3.8) is 0 Å². The van der Waals surface area contributed by atoms with E-state index in [0.29, 0.717) is 16.9 Å². The maximum Gasteiger partial charge on any atom is 0.573 e. The summed E-state index contributed by atoms with van der Waals surface area (Å²) in [6.07, 6.45) is -3.99. The van der Waals surface area contributed by atoms with Crippen molar-refractivity contribution in [1.29, 1.82) is 0 Å². The number of halogens is 3. The predicted octanol–water partition coefficient (Wildman–Crippen LogP) is 6.06. The van der Waals surface area contributed by atoms with Gasteiger partial charge in [-0.3, -0.25) is 29.4 Å². The number of non-ortho nitro benzene ring substituents is 1. The van der Waals surface area contributed by atoms with E-state index in [-0.39, 0.29) is 31.4 Å². The summed E-state index contributed by atoms with van der Waals surface area (Å²) in [7, 11) is -4.26. The number of ether oxygens (including phenoxy) is 1. The van der Waals surface area contributed by atoms with Crippen LogP contribution in [0.25, 0.3) is 0 Å². The fraction of sp³-hybridized carbons (Fsp3) is 0.200. The van der Waals surface area contributed by atoms with Crippen LogP contribution in [0.15, 0.2) is 88.1 Å². The van der Waals surface area contributed by atoms with Crippen LogP contribution < -0.4 is 9.64 Å². The number of nitro groups is 1. The van der Waals surface area contributed by atoms with Crippen LogP contribution >= 0.6 is 11.3 Å². The van der Waals surface area contributed by atoms with Crippen LogP contribution in [-0.2, 0) is 19.4 Å². The van der Waals surface area contributed by atoms with E-state index in [0.717, 1.165) is 65.2 Å². The van der Waals surface area contributed by atoms with Gasteiger partial charge < -0.3 is 4.74 Å². The summed E-state index contributed by atoms with van der Waals surface area (Å²) in [6, 6.07) is 13.5. The van der Waals surface area contributed by atoms with E-state index < -0.39 is 56.3 Å². The third-order valence-electron chi connectivity index (χ3n) is 7.21. The molecule has 0 bridgehead atoms. The number of anilines is 1. The summed E-state index contributed by atoms with van der Waals surface area (Å²) in [6.45, 7) is 3.90. The Bertz CT molecular complexity index is 1940. The van der Waals surface area contributed by atoms with Gasteiger partial charge in [-0.05, 0) is 53.4 Å². The molecule has 1 fully saturated rings. The van der Waals surface area contributed by atoms with Crippen molar-refractivity contribution in [2.45, 2.75) is 41.3 Å². The minimum Gasteiger partial charge on any atom is -0.406 e. The lowest BCUT2D eigenvalue weighted by Gasteiger charge is -2.25. The van der Waals surface area contributed by atoms with Gasteiger partial charge in [-0.2, -0.15) is 0 Å². The minimum atomic E-state index is -4.97. The van der Waals surface area contributed by atoms with Gasteiger partial charge in [-0.15, -0.1) is 13.2 Å². The molecule has 0 radical (unpaired) electrons. The lowest BCUT2D eigenvalue weighted by Crippen LogP contribution is -2.30. The monoisotopic (exact) mass is 673 g/mol. The normalized spacial score (nSPS) is 17.0. The lowest BCUT2D eigenvalue weighted by molar-refractivity contribution is -0.384. The number of carbonyl (C=O) groups is 3. The molecule has 2 heterocycles. The van der Waals surface area contributed by atoms with Crippen LogP contribution in [-0.4, -0.2) is 42.2 Å². The number of Topliss-reactive ketones (excluding diaryl/α,β-unsaturated/α-hetero) is 2. The topological polar surface area (TPSA) is 154 Å². The molecular formula is C30H22F3N3O8S2. The van der Waals surface area contributed by atoms with Crippen molar-refractivity contribution in [2.24, 2.45) is 5.92 Å². The molecule has 4 aromatic rings. The molecule has 1 amide bonds. The van der Waals surface area contributed by atoms with E-state index in [4.69, 9.17) is 0 Å². The number of alkyl halides is 3. The van der Waals surface area contributed by atoms with Crippen LogP contribution in [0.1, 0.15) is 47.3 Å². The number of hydrogen-bond acceptors (Lipinski definition) is 10. The third-order valence-corrected chi connectivity index (χ3v) is 10.4. The molecule has 46 heavy (non-hydrogen) atoms. The molecule has 3 aromatic carbocycles. The van der Waals surface area contributed by atoms with Crippen molar-refractivity contribution >= 4 is 49.5 Å². The average Bonchev–Trinajstić information content (AvgIpc) is 3.60. The standard InChI is InChI=1S/C30H22F3N3O8S2/c1-16(2)17-3-5-18(6-4-17)25-24(26(37)19-7-11-21(12-8-19)44-30(31,32)33)27(38)28(39)35(25)29-34-15-23(45-29)46(42,43)22-13-9-20(10-14-22)36(40)41/h3-16,24-25H,1-2H3. The number of thiazole rings is 1. The first-order valence-electron chi connectivity index (χ1n) is 13.4. The number of ketones is 2. The van der Waals surface area contributed by atoms with E-state index in [1.807, 2.05) is 13.8 Å². The summed E-state index contributed by atoms with van der Waals surface area (Å²) in [5.41, 5.74) is 0.787. The number of sulfone groups is 1. The molecule has 0 saturated carbocycles. The quantitative estimate of drug-likeness (QED) is 0.0678. The van der Waals surface area contributed by atoms with Crippen LogP contribution in [0.3, 0.4) is 0 Å². The molecule has 1 aromatic heterocycles. The molecule has 0 aliphatic carbocycles. The highest BCUT2D eigenvalue weighted by molar-refractivity contribution is 7.93. The number of amides is 1. The van der Waals surface area contributed by atoms with Gasteiger partial charge in [-0.25, -0.2) is 13.4 Å². The Morgan fingerprint density at radius 2 is 1.61 bits per heavy atom. The minimum absolute atomic E-state index is 0.123. The van der Waals surface area contributed by atoms with E-state index >= 15 is 0 Å². The number of hydrogen-bond donors (Lipinski definition) is 0. The Morgan fingerprint density at radius 1 is 1.00 bits per heavy atom. The largest absolute Gasteiger partial charge is 0.573 e. The number of rotatable bonds is 9. The van der Waals surface area contributed by atoms with Crippen LogP contribution in [0.4, 0.5) is 24.0 Å². The smallest absolute Gasteiger partial charge is 0.406 e. The number of aromatic nitrogens is 1. The molecule has 1 aliphatic rings. The Balaban J connectivity index is 1.55. The highest BCUT2D eigenvalue weighted by Gasteiger charge is 2.53. The lowest BCUT2D eigenvalue weighted by atomic mass is 9.85.